The summed E-state index contributed by atoms with van der Waals surface area (Å²) in [5.74, 6) is 1.18. The van der Waals surface area contributed by atoms with Crippen molar-refractivity contribution in [3.8, 4) is 0 Å². The summed E-state index contributed by atoms with van der Waals surface area (Å²) in [5, 5.41) is 13.9. The number of hydrogen-bond acceptors (Lipinski definition) is 6. The molecular weight excluding hydrogens is 258 g/mol. The second-order valence-electron chi connectivity index (χ2n) is 5.73. The zero-order chi connectivity index (χ0) is 14.9. The van der Waals surface area contributed by atoms with Crippen molar-refractivity contribution in [2.24, 2.45) is 0 Å². The molecule has 7 nitrogen and oxygen atoms in total. The van der Waals surface area contributed by atoms with Crippen LogP contribution in [0.1, 0.15) is 13.8 Å². The molecular formula is C13H21N5O2. The topological polar surface area (TPSA) is 74.5 Å². The molecule has 0 aromatic carbocycles. The quantitative estimate of drug-likeness (QED) is 0.668. The average molecular weight is 279 g/mol. The Morgan fingerprint density at radius 3 is 2.65 bits per heavy atom. The maximum Gasteiger partial charge on any atom is 0.276 e. The van der Waals surface area contributed by atoms with E-state index in [0.717, 1.165) is 19.6 Å². The first kappa shape index (κ1) is 14.5. The van der Waals surface area contributed by atoms with E-state index < -0.39 is 0 Å². The zero-order valence-corrected chi connectivity index (χ0v) is 12.4. The highest BCUT2D eigenvalue weighted by Gasteiger charge is 2.32. The maximum atomic E-state index is 11.0. The molecule has 1 aliphatic heterocycles. The van der Waals surface area contributed by atoms with Gasteiger partial charge in [-0.15, -0.1) is 0 Å². The highest BCUT2D eigenvalue weighted by molar-refractivity contribution is 5.56. The Balaban J connectivity index is 2.32. The van der Waals surface area contributed by atoms with Gasteiger partial charge in [0.25, 0.3) is 5.69 Å². The van der Waals surface area contributed by atoms with Crippen molar-refractivity contribution in [3.05, 3.63) is 22.2 Å². The Hall–Kier alpha value is -1.89. The van der Waals surface area contributed by atoms with Crippen LogP contribution >= 0.6 is 0 Å². The third-order valence-corrected chi connectivity index (χ3v) is 3.90. The lowest BCUT2D eigenvalue weighted by Crippen LogP contribution is -2.57. The predicted molar refractivity (Wildman–Crippen MR) is 79.4 cm³/mol. The number of hydrogen-bond donors (Lipinski definition) is 1. The third-order valence-electron chi connectivity index (χ3n) is 3.90. The van der Waals surface area contributed by atoms with Gasteiger partial charge in [0.05, 0.1) is 17.1 Å². The maximum absolute atomic E-state index is 11.0. The first-order chi connectivity index (χ1) is 9.33. The number of pyridine rings is 1. The summed E-state index contributed by atoms with van der Waals surface area (Å²) in [6, 6.07) is 2.99. The SMILES string of the molecule is CNc1cc([N+](=O)[O-])cc(N2CCN(C)C(C)(C)C2)n1. The van der Waals surface area contributed by atoms with Gasteiger partial charge in [-0.05, 0) is 20.9 Å². The van der Waals surface area contributed by atoms with Crippen LogP contribution in [0.15, 0.2) is 12.1 Å². The van der Waals surface area contributed by atoms with E-state index in [1.807, 2.05) is 0 Å². The lowest BCUT2D eigenvalue weighted by atomic mass is 10.00. The molecule has 0 saturated carbocycles. The first-order valence-corrected chi connectivity index (χ1v) is 6.64. The third kappa shape index (κ3) is 2.82. The Bertz CT molecular complexity index is 517. The highest BCUT2D eigenvalue weighted by atomic mass is 16.6. The molecule has 110 valence electrons. The smallest absolute Gasteiger partial charge is 0.276 e. The van der Waals surface area contributed by atoms with E-state index in [2.05, 4.69) is 41.0 Å². The van der Waals surface area contributed by atoms with Gasteiger partial charge in [-0.25, -0.2) is 4.98 Å². The lowest BCUT2D eigenvalue weighted by Gasteiger charge is -2.45. The fourth-order valence-electron chi connectivity index (χ4n) is 2.33. The molecule has 0 bridgehead atoms. The second kappa shape index (κ2) is 5.24. The van der Waals surface area contributed by atoms with E-state index in [1.165, 1.54) is 6.07 Å². The molecule has 1 saturated heterocycles. The van der Waals surface area contributed by atoms with Crippen molar-refractivity contribution in [1.29, 1.82) is 0 Å². The molecule has 0 spiro atoms. The molecule has 1 aromatic rings. The molecule has 1 N–H and O–H groups in total. The summed E-state index contributed by atoms with van der Waals surface area (Å²) in [5.41, 5.74) is 0.0840. The average Bonchev–Trinajstić information content (AvgIpc) is 2.41. The van der Waals surface area contributed by atoms with E-state index in [4.69, 9.17) is 0 Å². The molecule has 2 heterocycles. The van der Waals surface area contributed by atoms with Crippen molar-refractivity contribution in [2.45, 2.75) is 19.4 Å². The lowest BCUT2D eigenvalue weighted by molar-refractivity contribution is -0.384. The van der Waals surface area contributed by atoms with E-state index in [-0.39, 0.29) is 16.1 Å². The summed E-state index contributed by atoms with van der Waals surface area (Å²) in [4.78, 5) is 19.5. The Labute approximate surface area is 118 Å². The minimum atomic E-state index is -0.382. The van der Waals surface area contributed by atoms with Crippen LogP contribution in [0.2, 0.25) is 0 Å². The van der Waals surface area contributed by atoms with E-state index in [9.17, 15) is 10.1 Å². The zero-order valence-electron chi connectivity index (χ0n) is 12.4. The number of nitrogens with zero attached hydrogens (tertiary/aromatic N) is 4. The number of likely N-dealkylation sites (N-methyl/N-ethyl adjacent to an activating group) is 1. The van der Waals surface area contributed by atoms with Crippen LogP contribution in [0.25, 0.3) is 0 Å². The number of aromatic nitrogens is 1. The van der Waals surface area contributed by atoms with Crippen molar-refractivity contribution in [1.82, 2.24) is 9.88 Å². The fraction of sp³-hybridized carbons (Fsp3) is 0.615. The van der Waals surface area contributed by atoms with E-state index in [1.54, 1.807) is 13.1 Å². The van der Waals surface area contributed by atoms with Gasteiger partial charge in [-0.1, -0.05) is 0 Å². The number of anilines is 2. The number of nitro groups is 1. The molecule has 2 rings (SSSR count). The molecule has 1 aliphatic rings. The van der Waals surface area contributed by atoms with Gasteiger partial charge in [0, 0.05) is 32.2 Å². The Morgan fingerprint density at radius 2 is 2.10 bits per heavy atom. The molecule has 0 atom stereocenters. The minimum absolute atomic E-state index is 0.0182. The van der Waals surface area contributed by atoms with Crippen LogP contribution in [0, 0.1) is 10.1 Å². The monoisotopic (exact) mass is 279 g/mol. The summed E-state index contributed by atoms with van der Waals surface area (Å²) < 4.78 is 0. The second-order valence-corrected chi connectivity index (χ2v) is 5.73. The van der Waals surface area contributed by atoms with Crippen molar-refractivity contribution < 1.29 is 4.92 Å². The summed E-state index contributed by atoms with van der Waals surface area (Å²) >= 11 is 0. The van der Waals surface area contributed by atoms with Gasteiger partial charge >= 0.3 is 0 Å². The van der Waals surface area contributed by atoms with Crippen LogP contribution < -0.4 is 10.2 Å². The van der Waals surface area contributed by atoms with E-state index in [0.29, 0.717) is 11.6 Å². The van der Waals surface area contributed by atoms with Crippen molar-refractivity contribution in [3.63, 3.8) is 0 Å². The van der Waals surface area contributed by atoms with Gasteiger partial charge in [-0.2, -0.15) is 0 Å². The van der Waals surface area contributed by atoms with Gasteiger partial charge < -0.3 is 10.2 Å². The van der Waals surface area contributed by atoms with Gasteiger partial charge in [0.15, 0.2) is 0 Å². The highest BCUT2D eigenvalue weighted by Crippen LogP contribution is 2.27. The Kier molecular flexibility index (Phi) is 3.80. The molecule has 0 unspecified atom stereocenters. The number of piperazine rings is 1. The molecule has 7 heteroatoms. The largest absolute Gasteiger partial charge is 0.373 e. The van der Waals surface area contributed by atoms with Crippen molar-refractivity contribution >= 4 is 17.3 Å². The standard InChI is InChI=1S/C13H21N5O2/c1-13(2)9-17(6-5-16(13)4)12-8-10(18(19)20)7-11(14-3)15-12/h7-8H,5-6,9H2,1-4H3,(H,14,15). The molecule has 1 fully saturated rings. The van der Waals surface area contributed by atoms with Crippen LogP contribution in [-0.4, -0.2) is 54.1 Å². The Morgan fingerprint density at radius 1 is 1.40 bits per heavy atom. The summed E-state index contributed by atoms with van der Waals surface area (Å²) in [7, 11) is 3.81. The number of rotatable bonds is 3. The summed E-state index contributed by atoms with van der Waals surface area (Å²) in [6.45, 7) is 6.84. The minimum Gasteiger partial charge on any atom is -0.373 e. The van der Waals surface area contributed by atoms with Crippen LogP contribution in [0.5, 0.6) is 0 Å². The van der Waals surface area contributed by atoms with Gasteiger partial charge in [0.2, 0.25) is 0 Å². The molecule has 1 aromatic heterocycles. The van der Waals surface area contributed by atoms with Crippen molar-refractivity contribution in [2.75, 3.05) is 43.9 Å². The molecule has 0 amide bonds. The van der Waals surface area contributed by atoms with E-state index >= 15 is 0 Å². The molecule has 0 radical (unpaired) electrons. The van der Waals surface area contributed by atoms with Crippen LogP contribution in [-0.2, 0) is 0 Å². The first-order valence-electron chi connectivity index (χ1n) is 6.64. The molecule has 20 heavy (non-hydrogen) atoms. The summed E-state index contributed by atoms with van der Waals surface area (Å²) in [6.07, 6.45) is 0. The van der Waals surface area contributed by atoms with Crippen LogP contribution in [0.4, 0.5) is 17.3 Å². The molecule has 0 aliphatic carbocycles. The fourth-order valence-corrected chi connectivity index (χ4v) is 2.33. The van der Waals surface area contributed by atoms with Gasteiger partial charge in [0.1, 0.15) is 11.6 Å². The van der Waals surface area contributed by atoms with Crippen LogP contribution in [0.3, 0.4) is 0 Å². The normalized spacial score (nSPS) is 18.9. The number of nitrogens with one attached hydrogen (secondary N) is 1. The predicted octanol–water partition coefficient (Wildman–Crippen LogP) is 1.56. The van der Waals surface area contributed by atoms with Gasteiger partial charge in [-0.3, -0.25) is 15.0 Å².